The molecule has 1 unspecified atom stereocenters. The summed E-state index contributed by atoms with van der Waals surface area (Å²) in [6, 6.07) is 9.13. The van der Waals surface area contributed by atoms with Crippen LogP contribution in [0.2, 0.25) is 0 Å². The molecule has 1 amide bonds. The largest absolute Gasteiger partial charge is 0.573 e. The fourth-order valence-electron chi connectivity index (χ4n) is 2.90. The number of hydrogen-bond acceptors (Lipinski definition) is 4. The highest BCUT2D eigenvalue weighted by atomic mass is 19.4. The molecule has 0 saturated carbocycles. The molecule has 1 saturated heterocycles. The van der Waals surface area contributed by atoms with E-state index >= 15 is 0 Å². The molecule has 1 heterocycles. The van der Waals surface area contributed by atoms with E-state index in [0.29, 0.717) is 5.56 Å². The number of anilines is 1. The highest BCUT2D eigenvalue weighted by molar-refractivity contribution is 6.44. The minimum absolute atomic E-state index is 0.145. The van der Waals surface area contributed by atoms with E-state index in [9.17, 15) is 31.5 Å². The Morgan fingerprint density at radius 1 is 1.00 bits per heavy atom. The van der Waals surface area contributed by atoms with Gasteiger partial charge in [-0.05, 0) is 42.0 Å². The fourth-order valence-corrected chi connectivity index (χ4v) is 2.90. The molecule has 2 aromatic carbocycles. The monoisotopic (exact) mass is 401 g/mol. The summed E-state index contributed by atoms with van der Waals surface area (Å²) in [5.74, 6) is -2.19. The lowest BCUT2D eigenvalue weighted by atomic mass is 10.0. The van der Waals surface area contributed by atoms with Crippen LogP contribution in [-0.4, -0.2) is 24.7 Å². The van der Waals surface area contributed by atoms with Crippen LogP contribution in [0.3, 0.4) is 0 Å². The number of amides is 1. The van der Waals surface area contributed by atoms with Crippen molar-refractivity contribution in [3.63, 3.8) is 0 Å². The molecule has 28 heavy (non-hydrogen) atoms. The molecule has 10 heteroatoms. The van der Waals surface area contributed by atoms with E-state index in [4.69, 9.17) is 0 Å². The van der Waals surface area contributed by atoms with Crippen LogP contribution in [0.1, 0.15) is 18.0 Å². The van der Waals surface area contributed by atoms with Gasteiger partial charge in [-0.3, -0.25) is 14.5 Å². The first-order valence-corrected chi connectivity index (χ1v) is 7.91. The molecule has 0 bridgehead atoms. The first kappa shape index (κ1) is 19.6. The van der Waals surface area contributed by atoms with Gasteiger partial charge in [0.2, 0.25) is 5.78 Å². The maximum Gasteiger partial charge on any atom is 0.573 e. The number of Topliss-reactive ketones (excluding diaryl/α,β-unsaturated/α-hetero) is 1. The van der Waals surface area contributed by atoms with Crippen LogP contribution in [0.15, 0.2) is 48.5 Å². The Morgan fingerprint density at radius 3 is 2.29 bits per heavy atom. The third-order valence-corrected chi connectivity index (χ3v) is 3.96. The number of hydrogen-bond donors (Lipinski definition) is 0. The summed E-state index contributed by atoms with van der Waals surface area (Å²) < 4.78 is 69.7. The minimum atomic E-state index is -4.87. The maximum absolute atomic E-state index is 12.4. The summed E-state index contributed by atoms with van der Waals surface area (Å²) in [6.45, 7) is -3.04. The molecular weight excluding hydrogens is 389 g/mol. The van der Waals surface area contributed by atoms with Gasteiger partial charge in [0.05, 0.1) is 6.04 Å². The Hall–Kier alpha value is -3.17. The summed E-state index contributed by atoms with van der Waals surface area (Å²) in [6.07, 6.45) is -5.08. The SMILES string of the molecule is O=C1CC(c2cccc(OC(F)F)c2)N(c2ccc(OC(F)(F)F)cc2)C1=O. The molecule has 1 atom stereocenters. The van der Waals surface area contributed by atoms with Crippen LogP contribution in [0.25, 0.3) is 0 Å². The predicted octanol–water partition coefficient (Wildman–Crippen LogP) is 4.23. The number of benzene rings is 2. The third-order valence-electron chi connectivity index (χ3n) is 3.96. The lowest BCUT2D eigenvalue weighted by Gasteiger charge is -2.25. The van der Waals surface area contributed by atoms with Gasteiger partial charge in [0.25, 0.3) is 5.91 Å². The molecule has 1 aliphatic rings. The van der Waals surface area contributed by atoms with Crippen LogP contribution < -0.4 is 14.4 Å². The molecule has 2 aromatic rings. The van der Waals surface area contributed by atoms with Gasteiger partial charge in [0.1, 0.15) is 11.5 Å². The number of alkyl halides is 5. The summed E-state index contributed by atoms with van der Waals surface area (Å²) >= 11 is 0. The Bertz CT molecular complexity index is 882. The van der Waals surface area contributed by atoms with Gasteiger partial charge < -0.3 is 9.47 Å². The van der Waals surface area contributed by atoms with Crippen molar-refractivity contribution < 1.29 is 41.0 Å². The third kappa shape index (κ3) is 4.38. The number of ether oxygens (including phenoxy) is 2. The molecule has 0 radical (unpaired) electrons. The highest BCUT2D eigenvalue weighted by Gasteiger charge is 2.40. The van der Waals surface area contributed by atoms with E-state index < -0.39 is 36.5 Å². The molecule has 0 spiro atoms. The smallest absolute Gasteiger partial charge is 0.435 e. The number of ketones is 1. The Morgan fingerprint density at radius 2 is 1.68 bits per heavy atom. The van der Waals surface area contributed by atoms with E-state index in [2.05, 4.69) is 9.47 Å². The van der Waals surface area contributed by atoms with E-state index in [1.54, 1.807) is 0 Å². The predicted molar refractivity (Wildman–Crippen MR) is 86.1 cm³/mol. The van der Waals surface area contributed by atoms with Crippen molar-refractivity contribution in [3.8, 4) is 11.5 Å². The number of carbonyl (C=O) groups is 2. The topological polar surface area (TPSA) is 55.8 Å². The second-order valence-corrected chi connectivity index (χ2v) is 5.81. The van der Waals surface area contributed by atoms with Crippen molar-refractivity contribution in [1.29, 1.82) is 0 Å². The van der Waals surface area contributed by atoms with Crippen LogP contribution in [0, 0.1) is 0 Å². The lowest BCUT2D eigenvalue weighted by Crippen LogP contribution is -2.29. The first-order valence-electron chi connectivity index (χ1n) is 7.91. The van der Waals surface area contributed by atoms with Crippen molar-refractivity contribution in [2.45, 2.75) is 25.4 Å². The van der Waals surface area contributed by atoms with E-state index in [0.717, 1.165) is 17.0 Å². The highest BCUT2D eigenvalue weighted by Crippen LogP contribution is 2.37. The zero-order valence-electron chi connectivity index (χ0n) is 14.0. The fraction of sp³-hybridized carbons (Fsp3) is 0.222. The molecule has 148 valence electrons. The van der Waals surface area contributed by atoms with E-state index in [1.807, 2.05) is 0 Å². The van der Waals surface area contributed by atoms with Gasteiger partial charge in [0, 0.05) is 12.1 Å². The minimum Gasteiger partial charge on any atom is -0.435 e. The van der Waals surface area contributed by atoms with Crippen molar-refractivity contribution >= 4 is 17.4 Å². The zero-order valence-corrected chi connectivity index (χ0v) is 14.0. The van der Waals surface area contributed by atoms with Crippen molar-refractivity contribution in [3.05, 3.63) is 54.1 Å². The van der Waals surface area contributed by atoms with Gasteiger partial charge in [-0.1, -0.05) is 12.1 Å². The lowest BCUT2D eigenvalue weighted by molar-refractivity contribution is -0.274. The van der Waals surface area contributed by atoms with Crippen molar-refractivity contribution in [2.24, 2.45) is 0 Å². The van der Waals surface area contributed by atoms with Crippen molar-refractivity contribution in [2.75, 3.05) is 4.90 Å². The molecule has 1 aliphatic heterocycles. The molecule has 0 aliphatic carbocycles. The van der Waals surface area contributed by atoms with Crippen LogP contribution in [0.4, 0.5) is 27.6 Å². The van der Waals surface area contributed by atoms with Crippen LogP contribution in [-0.2, 0) is 9.59 Å². The number of carbonyl (C=O) groups excluding carboxylic acids is 2. The van der Waals surface area contributed by atoms with E-state index in [-0.39, 0.29) is 17.9 Å². The Balaban J connectivity index is 1.90. The van der Waals surface area contributed by atoms with Gasteiger partial charge in [0.15, 0.2) is 0 Å². The molecule has 0 aromatic heterocycles. The number of nitrogens with zero attached hydrogens (tertiary/aromatic N) is 1. The quantitative estimate of drug-likeness (QED) is 0.556. The first-order chi connectivity index (χ1) is 13.1. The number of halogens is 5. The second-order valence-electron chi connectivity index (χ2n) is 5.81. The molecule has 5 nitrogen and oxygen atoms in total. The summed E-state index contributed by atoms with van der Waals surface area (Å²) in [5.41, 5.74) is 0.531. The molecule has 3 rings (SSSR count). The standard InChI is InChI=1S/C18H12F5NO4/c19-17(20)27-13-3-1-2-10(8-13)14-9-15(25)16(26)24(14)11-4-6-12(7-5-11)28-18(21,22)23/h1-8,14,17H,9H2. The van der Waals surface area contributed by atoms with Crippen LogP contribution in [0.5, 0.6) is 11.5 Å². The van der Waals surface area contributed by atoms with Crippen LogP contribution >= 0.6 is 0 Å². The maximum atomic E-state index is 12.4. The average Bonchev–Trinajstić information content (AvgIpc) is 2.89. The molecule has 1 fully saturated rings. The Kier molecular flexibility index (Phi) is 5.21. The average molecular weight is 401 g/mol. The second kappa shape index (κ2) is 7.45. The van der Waals surface area contributed by atoms with Gasteiger partial charge in [-0.15, -0.1) is 13.2 Å². The normalized spacial score (nSPS) is 17.4. The summed E-state index contributed by atoms with van der Waals surface area (Å²) in [4.78, 5) is 25.3. The number of rotatable bonds is 5. The van der Waals surface area contributed by atoms with E-state index in [1.165, 1.54) is 36.4 Å². The molecular formula is C18H12F5NO4. The Labute approximate surface area is 155 Å². The van der Waals surface area contributed by atoms with Gasteiger partial charge in [-0.2, -0.15) is 8.78 Å². The summed E-state index contributed by atoms with van der Waals surface area (Å²) in [7, 11) is 0. The zero-order chi connectivity index (χ0) is 20.5. The van der Waals surface area contributed by atoms with Gasteiger partial charge in [-0.25, -0.2) is 0 Å². The molecule has 0 N–H and O–H groups in total. The van der Waals surface area contributed by atoms with Gasteiger partial charge >= 0.3 is 13.0 Å². The van der Waals surface area contributed by atoms with Crippen molar-refractivity contribution in [1.82, 2.24) is 0 Å². The summed E-state index contributed by atoms with van der Waals surface area (Å²) in [5, 5.41) is 0.